The van der Waals surface area contributed by atoms with Gasteiger partial charge in [0.1, 0.15) is 5.82 Å². The molecule has 4 nitrogen and oxygen atoms in total. The molecule has 0 aliphatic rings. The van der Waals surface area contributed by atoms with Crippen LogP contribution in [0.15, 0.2) is 55.0 Å². The number of fused-ring (bicyclic) bond motifs is 1. The van der Waals surface area contributed by atoms with E-state index >= 15 is 0 Å². The Morgan fingerprint density at radius 2 is 1.79 bits per heavy atom. The van der Waals surface area contributed by atoms with Crippen molar-refractivity contribution < 1.29 is 13.2 Å². The van der Waals surface area contributed by atoms with Crippen molar-refractivity contribution in [3.63, 3.8) is 0 Å². The Balaban J connectivity index is 1.96. The predicted octanol–water partition coefficient (Wildman–Crippen LogP) is 3.88. The third kappa shape index (κ3) is 2.30. The highest BCUT2D eigenvalue weighted by Crippen LogP contribution is 2.32. The number of hydrogen-bond acceptors (Lipinski definition) is 3. The summed E-state index contributed by atoms with van der Waals surface area (Å²) in [4.78, 5) is 8.52. The molecule has 0 atom stereocenters. The summed E-state index contributed by atoms with van der Waals surface area (Å²) in [5.41, 5.74) is 1.41. The lowest BCUT2D eigenvalue weighted by Gasteiger charge is -2.10. The van der Waals surface area contributed by atoms with E-state index in [0.717, 1.165) is 6.07 Å². The fraction of sp³-hybridized carbons (Fsp3) is 0. The van der Waals surface area contributed by atoms with Crippen molar-refractivity contribution in [2.75, 3.05) is 0 Å². The molecule has 0 amide bonds. The fourth-order valence-electron chi connectivity index (χ4n) is 2.52. The van der Waals surface area contributed by atoms with Crippen LogP contribution in [-0.4, -0.2) is 19.6 Å². The molecular formula is C17H9F3N4. The molecule has 3 aromatic heterocycles. The summed E-state index contributed by atoms with van der Waals surface area (Å²) < 4.78 is 42.8. The van der Waals surface area contributed by atoms with E-state index in [1.807, 2.05) is 0 Å². The third-order valence-corrected chi connectivity index (χ3v) is 3.59. The van der Waals surface area contributed by atoms with Crippen LogP contribution in [0.4, 0.5) is 13.2 Å². The lowest BCUT2D eigenvalue weighted by atomic mass is 10.0. The van der Waals surface area contributed by atoms with Crippen LogP contribution in [0.5, 0.6) is 0 Å². The first-order valence-electron chi connectivity index (χ1n) is 7.04. The second-order valence-electron chi connectivity index (χ2n) is 5.10. The first-order chi connectivity index (χ1) is 11.6. The molecule has 0 bridgehead atoms. The zero-order valence-corrected chi connectivity index (χ0v) is 12.1. The highest BCUT2D eigenvalue weighted by atomic mass is 19.2. The first kappa shape index (κ1) is 14.4. The molecule has 4 rings (SSSR count). The number of benzene rings is 1. The maximum absolute atomic E-state index is 14.2. The van der Waals surface area contributed by atoms with E-state index in [0.29, 0.717) is 23.0 Å². The molecular weight excluding hydrogens is 317 g/mol. The van der Waals surface area contributed by atoms with Gasteiger partial charge in [0.25, 0.3) is 0 Å². The van der Waals surface area contributed by atoms with Crippen LogP contribution in [0.2, 0.25) is 0 Å². The van der Waals surface area contributed by atoms with E-state index in [4.69, 9.17) is 0 Å². The Bertz CT molecular complexity index is 1060. The van der Waals surface area contributed by atoms with Crippen molar-refractivity contribution in [3.8, 4) is 22.5 Å². The molecule has 3 heterocycles. The highest BCUT2D eigenvalue weighted by Gasteiger charge is 2.18. The van der Waals surface area contributed by atoms with Crippen LogP contribution in [0, 0.1) is 17.5 Å². The van der Waals surface area contributed by atoms with Gasteiger partial charge in [-0.15, -0.1) is 0 Å². The number of hydrogen-bond donors (Lipinski definition) is 0. The van der Waals surface area contributed by atoms with E-state index in [1.165, 1.54) is 6.20 Å². The summed E-state index contributed by atoms with van der Waals surface area (Å²) in [6.45, 7) is 0. The van der Waals surface area contributed by atoms with E-state index in [9.17, 15) is 13.2 Å². The monoisotopic (exact) mass is 326 g/mol. The Morgan fingerprint density at radius 1 is 0.917 bits per heavy atom. The van der Waals surface area contributed by atoms with Gasteiger partial charge >= 0.3 is 0 Å². The lowest BCUT2D eigenvalue weighted by molar-refractivity contribution is 0.497. The number of rotatable bonds is 2. The molecule has 0 saturated carbocycles. The molecule has 4 aromatic rings. The van der Waals surface area contributed by atoms with Crippen molar-refractivity contribution in [3.05, 3.63) is 72.4 Å². The summed E-state index contributed by atoms with van der Waals surface area (Å²) >= 11 is 0. The van der Waals surface area contributed by atoms with Crippen molar-refractivity contribution in [1.29, 1.82) is 0 Å². The van der Waals surface area contributed by atoms with Crippen LogP contribution in [0.1, 0.15) is 0 Å². The molecule has 0 aliphatic carbocycles. The minimum absolute atomic E-state index is 0.116. The topological polar surface area (TPSA) is 43.1 Å². The molecule has 0 unspecified atom stereocenters. The van der Waals surface area contributed by atoms with Gasteiger partial charge in [0.05, 0.1) is 17.6 Å². The lowest BCUT2D eigenvalue weighted by Crippen LogP contribution is -1.98. The second-order valence-corrected chi connectivity index (χ2v) is 5.10. The van der Waals surface area contributed by atoms with Gasteiger partial charge in [0.15, 0.2) is 17.3 Å². The molecule has 0 fully saturated rings. The maximum atomic E-state index is 14.2. The molecule has 24 heavy (non-hydrogen) atoms. The van der Waals surface area contributed by atoms with E-state index in [1.54, 1.807) is 41.2 Å². The molecule has 0 saturated heterocycles. The standard InChI is InChI=1S/C17H9F3N4/c18-10-8-12(16(20)13(19)9-10)17-11(2-1-5-21-17)14-4-7-24-15(23-14)3-6-22-24/h1-9H. The van der Waals surface area contributed by atoms with Gasteiger partial charge in [-0.3, -0.25) is 4.98 Å². The predicted molar refractivity (Wildman–Crippen MR) is 81.5 cm³/mol. The van der Waals surface area contributed by atoms with Crippen molar-refractivity contribution in [1.82, 2.24) is 19.6 Å². The Labute approximate surface area is 134 Å². The van der Waals surface area contributed by atoms with Crippen LogP contribution in [0.3, 0.4) is 0 Å². The van der Waals surface area contributed by atoms with Gasteiger partial charge in [-0.1, -0.05) is 0 Å². The normalized spacial score (nSPS) is 11.1. The Morgan fingerprint density at radius 3 is 2.67 bits per heavy atom. The third-order valence-electron chi connectivity index (χ3n) is 3.59. The zero-order valence-electron chi connectivity index (χ0n) is 12.1. The first-order valence-corrected chi connectivity index (χ1v) is 7.04. The number of nitrogens with zero attached hydrogens (tertiary/aromatic N) is 4. The molecule has 118 valence electrons. The number of pyridine rings is 1. The Kier molecular flexibility index (Phi) is 3.26. The molecule has 0 radical (unpaired) electrons. The van der Waals surface area contributed by atoms with Gasteiger partial charge in [-0.25, -0.2) is 22.7 Å². The van der Waals surface area contributed by atoms with Crippen LogP contribution in [-0.2, 0) is 0 Å². The van der Waals surface area contributed by atoms with Crippen LogP contribution < -0.4 is 0 Å². The second kappa shape index (κ2) is 5.45. The van der Waals surface area contributed by atoms with E-state index in [-0.39, 0.29) is 11.3 Å². The van der Waals surface area contributed by atoms with Gasteiger partial charge in [0.2, 0.25) is 0 Å². The minimum atomic E-state index is -1.26. The van der Waals surface area contributed by atoms with Crippen molar-refractivity contribution >= 4 is 5.65 Å². The fourth-order valence-corrected chi connectivity index (χ4v) is 2.52. The summed E-state index contributed by atoms with van der Waals surface area (Å²) in [6, 6.07) is 8.12. The summed E-state index contributed by atoms with van der Waals surface area (Å²) in [6.07, 6.45) is 4.72. The van der Waals surface area contributed by atoms with Gasteiger partial charge in [0, 0.05) is 35.7 Å². The van der Waals surface area contributed by atoms with Gasteiger partial charge in [-0.05, 0) is 24.3 Å². The average Bonchev–Trinajstić information content (AvgIpc) is 3.06. The van der Waals surface area contributed by atoms with Crippen LogP contribution in [0.25, 0.3) is 28.2 Å². The van der Waals surface area contributed by atoms with Crippen molar-refractivity contribution in [2.24, 2.45) is 0 Å². The Hall–Kier alpha value is -3.22. The van der Waals surface area contributed by atoms with E-state index in [2.05, 4.69) is 15.1 Å². The van der Waals surface area contributed by atoms with E-state index < -0.39 is 17.5 Å². The average molecular weight is 326 g/mol. The van der Waals surface area contributed by atoms with Crippen molar-refractivity contribution in [2.45, 2.75) is 0 Å². The molecule has 0 N–H and O–H groups in total. The smallest absolute Gasteiger partial charge is 0.168 e. The quantitative estimate of drug-likeness (QED) is 0.525. The summed E-state index contributed by atoms with van der Waals surface area (Å²) in [5.74, 6) is -3.29. The van der Waals surface area contributed by atoms with Gasteiger partial charge in [-0.2, -0.15) is 5.10 Å². The molecule has 0 aliphatic heterocycles. The zero-order chi connectivity index (χ0) is 16.7. The van der Waals surface area contributed by atoms with Crippen LogP contribution >= 0.6 is 0 Å². The highest BCUT2D eigenvalue weighted by molar-refractivity contribution is 5.79. The molecule has 0 spiro atoms. The molecule has 7 heteroatoms. The largest absolute Gasteiger partial charge is 0.255 e. The SMILES string of the molecule is Fc1cc(F)c(F)c(-c2ncccc2-c2ccn3nccc3n2)c1. The summed E-state index contributed by atoms with van der Waals surface area (Å²) in [7, 11) is 0. The number of aromatic nitrogens is 4. The summed E-state index contributed by atoms with van der Waals surface area (Å²) in [5, 5.41) is 4.05. The minimum Gasteiger partial charge on any atom is -0.255 e. The molecule has 1 aromatic carbocycles. The number of halogens is 3. The maximum Gasteiger partial charge on any atom is 0.168 e. The van der Waals surface area contributed by atoms with Gasteiger partial charge < -0.3 is 0 Å².